The summed E-state index contributed by atoms with van der Waals surface area (Å²) in [4.78, 5) is 39.9. The fourth-order valence-corrected chi connectivity index (χ4v) is 5.51. The molecule has 178 valence electrons. The number of nitrogens with zero attached hydrogens (tertiary/aromatic N) is 1. The van der Waals surface area contributed by atoms with Crippen LogP contribution in [-0.2, 0) is 15.2 Å². The van der Waals surface area contributed by atoms with Gasteiger partial charge in [0.15, 0.2) is 11.4 Å². The minimum atomic E-state index is -2.75. The molecule has 3 aliphatic carbocycles. The van der Waals surface area contributed by atoms with Gasteiger partial charge in [-0.05, 0) is 39.1 Å². The molecule has 0 aliphatic heterocycles. The fourth-order valence-electron chi connectivity index (χ4n) is 5.51. The Bertz CT molecular complexity index is 1160. The van der Waals surface area contributed by atoms with Crippen molar-refractivity contribution >= 4 is 29.9 Å². The maximum absolute atomic E-state index is 13.3. The summed E-state index contributed by atoms with van der Waals surface area (Å²) in [5.74, 6) is -7.89. The van der Waals surface area contributed by atoms with E-state index in [1.807, 2.05) is 0 Å². The van der Waals surface area contributed by atoms with E-state index >= 15 is 0 Å². The summed E-state index contributed by atoms with van der Waals surface area (Å²) in [6, 6.07) is 3.05. The van der Waals surface area contributed by atoms with Crippen molar-refractivity contribution in [2.24, 2.45) is 17.6 Å². The number of ketones is 2. The number of aliphatic hydroxyl groups excluding tert-OH is 2. The highest BCUT2D eigenvalue weighted by Crippen LogP contribution is 2.56. The molecule has 0 bridgehead atoms. The first-order valence-corrected chi connectivity index (χ1v) is 9.97. The fraction of sp³-hybridized carbons (Fsp3) is 0.409. The summed E-state index contributed by atoms with van der Waals surface area (Å²) in [5, 5.41) is 55.0. The van der Waals surface area contributed by atoms with Crippen LogP contribution in [0.2, 0.25) is 0 Å². The monoisotopic (exact) mass is 480 g/mol. The third-order valence-electron chi connectivity index (χ3n) is 7.02. The molecular weight excluding hydrogens is 456 g/mol. The third kappa shape index (κ3) is 2.95. The lowest BCUT2D eigenvalue weighted by atomic mass is 9.55. The second-order valence-electron chi connectivity index (χ2n) is 8.96. The number of halogens is 1. The van der Waals surface area contributed by atoms with Gasteiger partial charge >= 0.3 is 0 Å². The summed E-state index contributed by atoms with van der Waals surface area (Å²) in [6.45, 7) is 1.40. The first-order valence-electron chi connectivity index (χ1n) is 9.97. The van der Waals surface area contributed by atoms with Gasteiger partial charge in [0, 0.05) is 17.4 Å². The maximum atomic E-state index is 13.3. The average Bonchev–Trinajstić information content (AvgIpc) is 2.68. The predicted molar refractivity (Wildman–Crippen MR) is 117 cm³/mol. The molecule has 1 aromatic rings. The van der Waals surface area contributed by atoms with Gasteiger partial charge in [-0.15, -0.1) is 12.4 Å². The van der Waals surface area contributed by atoms with Gasteiger partial charge in [-0.2, -0.15) is 0 Å². The Morgan fingerprint density at radius 3 is 2.30 bits per heavy atom. The van der Waals surface area contributed by atoms with Crippen LogP contribution < -0.4 is 5.73 Å². The number of primary amides is 1. The predicted octanol–water partition coefficient (Wildman–Crippen LogP) is 0.207. The summed E-state index contributed by atoms with van der Waals surface area (Å²) in [5.41, 5.74) is -0.654. The van der Waals surface area contributed by atoms with Crippen molar-refractivity contribution in [1.29, 1.82) is 0 Å². The number of aromatic hydroxyl groups is 1. The molecule has 1 aromatic carbocycles. The molecule has 0 spiro atoms. The third-order valence-corrected chi connectivity index (χ3v) is 7.02. The number of carbonyl (C=O) groups is 3. The van der Waals surface area contributed by atoms with Gasteiger partial charge in [-0.3, -0.25) is 19.3 Å². The number of benzene rings is 1. The van der Waals surface area contributed by atoms with Crippen molar-refractivity contribution in [3.63, 3.8) is 0 Å². The topological polar surface area (TPSA) is 182 Å². The summed E-state index contributed by atoms with van der Waals surface area (Å²) >= 11 is 0. The number of aliphatic hydroxyl groups is 4. The number of likely N-dealkylation sites (N-methyl/N-ethyl adjacent to an activating group) is 1. The molecule has 3 aliphatic rings. The number of hydrogen-bond donors (Lipinski definition) is 6. The van der Waals surface area contributed by atoms with E-state index in [4.69, 9.17) is 5.73 Å². The molecule has 0 radical (unpaired) electrons. The SMILES string of the molecule is CN(C)[C@H]1C(O)=C(C(N)=O)C(=O)[C@@]2(O)C(O)=C3C(=O)c4c(O)cccc4[C@@](C)(O)C3C[C@@H]12.Cl. The molecule has 10 nitrogen and oxygen atoms in total. The largest absolute Gasteiger partial charge is 0.510 e. The normalized spacial score (nSPS) is 33.3. The molecule has 1 unspecified atom stereocenters. The van der Waals surface area contributed by atoms with Crippen molar-refractivity contribution in [3.8, 4) is 5.75 Å². The van der Waals surface area contributed by atoms with E-state index < -0.39 is 75.0 Å². The molecule has 1 amide bonds. The van der Waals surface area contributed by atoms with E-state index in [2.05, 4.69) is 0 Å². The second kappa shape index (κ2) is 7.56. The van der Waals surface area contributed by atoms with Gasteiger partial charge in [0.1, 0.15) is 22.8 Å². The first-order chi connectivity index (χ1) is 14.8. The Morgan fingerprint density at radius 2 is 1.76 bits per heavy atom. The van der Waals surface area contributed by atoms with Crippen LogP contribution in [0.25, 0.3) is 0 Å². The number of hydrogen-bond acceptors (Lipinski definition) is 9. The highest BCUT2D eigenvalue weighted by atomic mass is 35.5. The average molecular weight is 481 g/mol. The quantitative estimate of drug-likeness (QED) is 0.322. The Balaban J connectivity index is 0.00000306. The molecular formula is C22H25ClN2O8. The lowest BCUT2D eigenvalue weighted by Gasteiger charge is -2.52. The number of amides is 1. The van der Waals surface area contributed by atoms with Gasteiger partial charge in [0.25, 0.3) is 5.91 Å². The van der Waals surface area contributed by atoms with Crippen LogP contribution in [0.15, 0.2) is 40.9 Å². The molecule has 0 saturated carbocycles. The van der Waals surface area contributed by atoms with Gasteiger partial charge in [0.2, 0.25) is 5.78 Å². The second-order valence-corrected chi connectivity index (χ2v) is 8.96. The van der Waals surface area contributed by atoms with Crippen LogP contribution in [0.1, 0.15) is 29.3 Å². The van der Waals surface area contributed by atoms with Crippen LogP contribution in [0.5, 0.6) is 5.75 Å². The number of carbonyl (C=O) groups excluding carboxylic acids is 3. The zero-order valence-corrected chi connectivity index (χ0v) is 18.9. The molecule has 5 atom stereocenters. The van der Waals surface area contributed by atoms with Gasteiger partial charge in [0.05, 0.1) is 17.2 Å². The van der Waals surface area contributed by atoms with Crippen molar-refractivity contribution < 1.29 is 39.9 Å². The molecule has 0 aromatic heterocycles. The van der Waals surface area contributed by atoms with E-state index in [0.717, 1.165) is 0 Å². The minimum Gasteiger partial charge on any atom is -0.510 e. The van der Waals surface area contributed by atoms with Gasteiger partial charge in [-0.25, -0.2) is 0 Å². The van der Waals surface area contributed by atoms with Gasteiger partial charge < -0.3 is 31.3 Å². The van der Waals surface area contributed by atoms with Crippen LogP contribution in [-0.4, -0.2) is 73.6 Å². The Hall–Kier alpha value is -2.92. The number of phenols is 1. The molecule has 7 N–H and O–H groups in total. The summed E-state index contributed by atoms with van der Waals surface area (Å²) < 4.78 is 0. The standard InChI is InChI=1S/C22H24N2O8.ClH/c1-21(31)8-5-4-6-11(25)12(8)16(26)13-9(21)7-10-15(24(2)3)17(27)14(20(23)30)19(29)22(10,32)18(13)28;/h4-6,9-10,15,25,27-28,31-32H,7H2,1-3H3,(H2,23,30);1H/t9?,10-,15+,21+,22-;/m0./s1. The zero-order valence-electron chi connectivity index (χ0n) is 18.1. The zero-order chi connectivity index (χ0) is 23.9. The van der Waals surface area contributed by atoms with E-state index in [1.54, 1.807) is 0 Å². The van der Waals surface area contributed by atoms with E-state index in [0.29, 0.717) is 0 Å². The molecule has 0 saturated heterocycles. The summed E-state index contributed by atoms with van der Waals surface area (Å²) in [7, 11) is 3.06. The van der Waals surface area contributed by atoms with Crippen molar-refractivity contribution in [3.05, 3.63) is 52.0 Å². The molecule has 11 heteroatoms. The van der Waals surface area contributed by atoms with Crippen LogP contribution in [0.4, 0.5) is 0 Å². The van der Waals surface area contributed by atoms with Crippen molar-refractivity contribution in [2.45, 2.75) is 30.6 Å². The van der Waals surface area contributed by atoms with Crippen LogP contribution in [0.3, 0.4) is 0 Å². The van der Waals surface area contributed by atoms with Crippen molar-refractivity contribution in [2.75, 3.05) is 14.1 Å². The molecule has 4 rings (SSSR count). The maximum Gasteiger partial charge on any atom is 0.255 e. The Morgan fingerprint density at radius 1 is 1.15 bits per heavy atom. The summed E-state index contributed by atoms with van der Waals surface area (Å²) in [6.07, 6.45) is -0.200. The molecule has 33 heavy (non-hydrogen) atoms. The van der Waals surface area contributed by atoms with Crippen LogP contribution in [0, 0.1) is 11.8 Å². The van der Waals surface area contributed by atoms with E-state index in [-0.39, 0.29) is 30.0 Å². The number of rotatable bonds is 2. The van der Waals surface area contributed by atoms with Crippen LogP contribution >= 0.6 is 12.4 Å². The lowest BCUT2D eigenvalue weighted by molar-refractivity contribution is -0.151. The minimum absolute atomic E-state index is 0. The first kappa shape index (κ1) is 24.7. The van der Waals surface area contributed by atoms with E-state index in [1.165, 1.54) is 44.1 Å². The molecule has 0 fully saturated rings. The smallest absolute Gasteiger partial charge is 0.255 e. The van der Waals surface area contributed by atoms with E-state index in [9.17, 15) is 39.9 Å². The number of fused-ring (bicyclic) bond motifs is 3. The Labute approximate surface area is 195 Å². The number of phenolic OH excluding ortho intramolecular Hbond substituents is 1. The number of nitrogens with two attached hydrogens (primary N) is 1. The highest BCUT2D eigenvalue weighted by molar-refractivity contribution is 6.24. The van der Waals surface area contributed by atoms with Gasteiger partial charge in [-0.1, -0.05) is 12.1 Å². The molecule has 0 heterocycles. The Kier molecular flexibility index (Phi) is 5.66. The highest BCUT2D eigenvalue weighted by Gasteiger charge is 2.65. The van der Waals surface area contributed by atoms with Crippen molar-refractivity contribution in [1.82, 2.24) is 4.90 Å². The number of Topliss-reactive ketones (excluding diaryl/α,β-unsaturated/α-hetero) is 2. The lowest BCUT2D eigenvalue weighted by Crippen LogP contribution is -2.65.